The Morgan fingerprint density at radius 3 is 2.30 bits per heavy atom. The molecule has 0 aromatic carbocycles. The summed E-state index contributed by atoms with van der Waals surface area (Å²) in [6.45, 7) is 15.3. The normalized spacial score (nSPS) is 38.1. The molecule has 2 heteroatoms. The van der Waals surface area contributed by atoms with E-state index in [1.807, 2.05) is 0 Å². The summed E-state index contributed by atoms with van der Waals surface area (Å²) < 4.78 is 0. The van der Waals surface area contributed by atoms with Crippen molar-refractivity contribution in [1.29, 1.82) is 0 Å². The van der Waals surface area contributed by atoms with Crippen molar-refractivity contribution in [2.45, 2.75) is 104 Å². The molecule has 1 saturated heterocycles. The highest BCUT2D eigenvalue weighted by molar-refractivity contribution is 5.06. The van der Waals surface area contributed by atoms with Crippen molar-refractivity contribution >= 4 is 0 Å². The smallest absolute Gasteiger partial charge is 0.0196 e. The molecule has 1 fully saturated rings. The maximum absolute atomic E-state index is 3.96. The first-order chi connectivity index (χ1) is 9.40. The number of rotatable bonds is 8. The standard InChI is InChI=1S/C18H38N2/c1-7-10-11-12-13-19-16-14-17(5,8-2)20-18(6,9-3)15(16)4/h15-16,19-20H,7-14H2,1-6H3. The van der Waals surface area contributed by atoms with Crippen LogP contribution in [0.1, 0.15) is 86.5 Å². The van der Waals surface area contributed by atoms with Gasteiger partial charge in [-0.1, -0.05) is 47.0 Å². The molecule has 4 unspecified atom stereocenters. The highest BCUT2D eigenvalue weighted by Gasteiger charge is 2.45. The van der Waals surface area contributed by atoms with E-state index in [0.29, 0.717) is 17.5 Å². The van der Waals surface area contributed by atoms with Crippen molar-refractivity contribution in [1.82, 2.24) is 10.6 Å². The van der Waals surface area contributed by atoms with Gasteiger partial charge >= 0.3 is 0 Å². The molecule has 1 heterocycles. The Morgan fingerprint density at radius 1 is 1.05 bits per heavy atom. The molecule has 4 atom stereocenters. The first kappa shape index (κ1) is 18.0. The second-order valence-corrected chi connectivity index (χ2v) is 7.42. The van der Waals surface area contributed by atoms with E-state index in [2.05, 4.69) is 52.2 Å². The van der Waals surface area contributed by atoms with E-state index in [9.17, 15) is 0 Å². The summed E-state index contributed by atoms with van der Waals surface area (Å²) in [5.41, 5.74) is 0.558. The van der Waals surface area contributed by atoms with Crippen molar-refractivity contribution in [3.05, 3.63) is 0 Å². The van der Waals surface area contributed by atoms with Crippen LogP contribution in [0.3, 0.4) is 0 Å². The summed E-state index contributed by atoms with van der Waals surface area (Å²) in [7, 11) is 0. The molecule has 2 nitrogen and oxygen atoms in total. The van der Waals surface area contributed by atoms with Gasteiger partial charge in [0.05, 0.1) is 0 Å². The number of hydrogen-bond acceptors (Lipinski definition) is 2. The van der Waals surface area contributed by atoms with Crippen LogP contribution in [0.25, 0.3) is 0 Å². The second-order valence-electron chi connectivity index (χ2n) is 7.42. The maximum Gasteiger partial charge on any atom is 0.0196 e. The van der Waals surface area contributed by atoms with E-state index in [0.717, 1.165) is 0 Å². The summed E-state index contributed by atoms with van der Waals surface area (Å²) in [6, 6.07) is 0.660. The van der Waals surface area contributed by atoms with Crippen LogP contribution < -0.4 is 10.6 Å². The van der Waals surface area contributed by atoms with Gasteiger partial charge in [-0.3, -0.25) is 0 Å². The van der Waals surface area contributed by atoms with E-state index >= 15 is 0 Å². The van der Waals surface area contributed by atoms with Crippen LogP contribution in [0.5, 0.6) is 0 Å². The van der Waals surface area contributed by atoms with Crippen LogP contribution in [-0.2, 0) is 0 Å². The van der Waals surface area contributed by atoms with Gasteiger partial charge in [0.15, 0.2) is 0 Å². The van der Waals surface area contributed by atoms with Crippen LogP contribution in [0.4, 0.5) is 0 Å². The molecule has 0 radical (unpaired) electrons. The maximum atomic E-state index is 3.96. The second kappa shape index (κ2) is 7.79. The molecule has 1 aliphatic heterocycles. The lowest BCUT2D eigenvalue weighted by molar-refractivity contribution is 0.0586. The predicted molar refractivity (Wildman–Crippen MR) is 90.2 cm³/mol. The fraction of sp³-hybridized carbons (Fsp3) is 1.00. The average Bonchev–Trinajstić information content (AvgIpc) is 2.44. The van der Waals surface area contributed by atoms with Gasteiger partial charge in [-0.2, -0.15) is 0 Å². The molecule has 0 amide bonds. The van der Waals surface area contributed by atoms with E-state index in [1.165, 1.54) is 51.5 Å². The largest absolute Gasteiger partial charge is 0.314 e. The molecular formula is C18H38N2. The molecule has 0 aromatic heterocycles. The summed E-state index contributed by atoms with van der Waals surface area (Å²) in [6.07, 6.45) is 9.08. The molecule has 120 valence electrons. The molecule has 0 aromatic rings. The third-order valence-corrected chi connectivity index (χ3v) is 5.82. The Morgan fingerprint density at radius 2 is 1.75 bits per heavy atom. The molecule has 1 aliphatic rings. The Bertz CT molecular complexity index is 279. The van der Waals surface area contributed by atoms with Crippen molar-refractivity contribution in [3.63, 3.8) is 0 Å². The molecule has 2 N–H and O–H groups in total. The van der Waals surface area contributed by atoms with Crippen molar-refractivity contribution in [2.75, 3.05) is 6.54 Å². The Kier molecular flexibility index (Phi) is 7.00. The molecule has 0 saturated carbocycles. The zero-order valence-electron chi connectivity index (χ0n) is 14.8. The van der Waals surface area contributed by atoms with Crippen molar-refractivity contribution in [3.8, 4) is 0 Å². The number of nitrogens with one attached hydrogen (secondary N) is 2. The van der Waals surface area contributed by atoms with Gasteiger partial charge < -0.3 is 10.6 Å². The first-order valence-corrected chi connectivity index (χ1v) is 8.93. The molecule has 0 bridgehead atoms. The SMILES string of the molecule is CCCCCCNC1CC(C)(CC)NC(C)(CC)C1C. The van der Waals surface area contributed by atoms with Gasteiger partial charge in [-0.15, -0.1) is 0 Å². The minimum absolute atomic E-state index is 0.268. The van der Waals surface area contributed by atoms with Crippen LogP contribution >= 0.6 is 0 Å². The minimum atomic E-state index is 0.268. The predicted octanol–water partition coefficient (Wildman–Crippen LogP) is 4.49. The van der Waals surface area contributed by atoms with Gasteiger partial charge in [-0.25, -0.2) is 0 Å². The van der Waals surface area contributed by atoms with Crippen LogP contribution in [0.2, 0.25) is 0 Å². The van der Waals surface area contributed by atoms with E-state index < -0.39 is 0 Å². The number of piperidine rings is 1. The Hall–Kier alpha value is -0.0800. The van der Waals surface area contributed by atoms with Gasteiger partial charge in [0, 0.05) is 17.1 Å². The zero-order chi connectivity index (χ0) is 15.2. The van der Waals surface area contributed by atoms with Gasteiger partial charge in [0.1, 0.15) is 0 Å². The minimum Gasteiger partial charge on any atom is -0.314 e. The molecule has 20 heavy (non-hydrogen) atoms. The highest BCUT2D eigenvalue weighted by Crippen LogP contribution is 2.37. The van der Waals surface area contributed by atoms with E-state index in [1.54, 1.807) is 0 Å². The molecule has 0 spiro atoms. The van der Waals surface area contributed by atoms with Crippen molar-refractivity contribution < 1.29 is 0 Å². The van der Waals surface area contributed by atoms with Crippen LogP contribution in [0, 0.1) is 5.92 Å². The molecule has 0 aliphatic carbocycles. The fourth-order valence-corrected chi connectivity index (χ4v) is 3.69. The number of hydrogen-bond donors (Lipinski definition) is 2. The third kappa shape index (κ3) is 4.46. The average molecular weight is 283 g/mol. The van der Waals surface area contributed by atoms with Gasteiger partial charge in [0.2, 0.25) is 0 Å². The lowest BCUT2D eigenvalue weighted by Gasteiger charge is -2.54. The topological polar surface area (TPSA) is 24.1 Å². The quantitative estimate of drug-likeness (QED) is 0.641. The van der Waals surface area contributed by atoms with Gasteiger partial charge in [-0.05, 0) is 52.0 Å². The monoisotopic (exact) mass is 282 g/mol. The van der Waals surface area contributed by atoms with E-state index in [-0.39, 0.29) is 5.54 Å². The summed E-state index contributed by atoms with van der Waals surface area (Å²) >= 11 is 0. The van der Waals surface area contributed by atoms with Crippen molar-refractivity contribution in [2.24, 2.45) is 5.92 Å². The molecule has 1 rings (SSSR count). The lowest BCUT2D eigenvalue weighted by atomic mass is 9.69. The first-order valence-electron chi connectivity index (χ1n) is 8.93. The highest BCUT2D eigenvalue weighted by atomic mass is 15.1. The van der Waals surface area contributed by atoms with E-state index in [4.69, 9.17) is 0 Å². The summed E-state index contributed by atoms with van der Waals surface area (Å²) in [5, 5.41) is 7.83. The third-order valence-electron chi connectivity index (χ3n) is 5.82. The number of unbranched alkanes of at least 4 members (excludes halogenated alkanes) is 3. The zero-order valence-corrected chi connectivity index (χ0v) is 14.8. The summed E-state index contributed by atoms with van der Waals surface area (Å²) in [4.78, 5) is 0. The Balaban J connectivity index is 2.58. The van der Waals surface area contributed by atoms with Crippen LogP contribution in [0.15, 0.2) is 0 Å². The summed E-state index contributed by atoms with van der Waals surface area (Å²) in [5.74, 6) is 0.693. The fourth-order valence-electron chi connectivity index (χ4n) is 3.69. The Labute approximate surface area is 127 Å². The van der Waals surface area contributed by atoms with Crippen LogP contribution in [-0.4, -0.2) is 23.7 Å². The molecular weight excluding hydrogens is 244 g/mol. The van der Waals surface area contributed by atoms with Gasteiger partial charge in [0.25, 0.3) is 0 Å². The lowest BCUT2D eigenvalue weighted by Crippen LogP contribution is -2.68.